The maximum absolute atomic E-state index is 12.4. The number of pyridine rings is 1. The summed E-state index contributed by atoms with van der Waals surface area (Å²) >= 11 is 6.44. The van der Waals surface area contributed by atoms with Crippen molar-refractivity contribution < 1.29 is 14.3 Å². The molecule has 1 aromatic heterocycles. The van der Waals surface area contributed by atoms with Gasteiger partial charge in [0.15, 0.2) is 0 Å². The Morgan fingerprint density at radius 2 is 1.91 bits per heavy atom. The lowest BCUT2D eigenvalue weighted by Gasteiger charge is -2.22. The van der Waals surface area contributed by atoms with Gasteiger partial charge in [-0.25, -0.2) is 0 Å². The van der Waals surface area contributed by atoms with Crippen LogP contribution >= 0.6 is 11.6 Å². The van der Waals surface area contributed by atoms with Crippen molar-refractivity contribution in [3.8, 4) is 16.9 Å². The predicted molar refractivity (Wildman–Crippen MR) is 128 cm³/mol. The summed E-state index contributed by atoms with van der Waals surface area (Å²) in [6.45, 7) is 0.321. The Morgan fingerprint density at radius 1 is 1.12 bits per heavy atom. The smallest absolute Gasteiger partial charge is 0.253 e. The van der Waals surface area contributed by atoms with E-state index in [4.69, 9.17) is 21.1 Å². The standard InChI is InChI=1S/C27H27ClN2O3/c1-30(2)26(31)18-7-10-24(28)19(15-18)17-32-27(12-13-27)23-16-29-14-11-21(23)22-5-3-4-6-25(22)33-20-8-9-20/h3-7,10-11,14-16,20H,8-9,12-13,17H2,1-2H3. The minimum Gasteiger partial charge on any atom is -0.490 e. The molecule has 5 nitrogen and oxygen atoms in total. The van der Waals surface area contributed by atoms with Crippen LogP contribution in [0.1, 0.15) is 47.2 Å². The maximum atomic E-state index is 12.4. The Morgan fingerprint density at radius 3 is 2.64 bits per heavy atom. The minimum atomic E-state index is -0.415. The normalized spacial score (nSPS) is 16.3. The third-order valence-electron chi connectivity index (χ3n) is 6.21. The number of amides is 1. The van der Waals surface area contributed by atoms with E-state index in [1.54, 1.807) is 31.1 Å². The van der Waals surface area contributed by atoms with Crippen LogP contribution < -0.4 is 4.74 Å². The van der Waals surface area contributed by atoms with Gasteiger partial charge in [-0.2, -0.15) is 0 Å². The molecule has 2 aliphatic rings. The van der Waals surface area contributed by atoms with E-state index in [1.807, 2.05) is 42.7 Å². The third kappa shape index (κ3) is 4.61. The Bertz CT molecular complexity index is 1190. The average Bonchev–Trinajstić information content (AvgIpc) is 3.75. The molecule has 2 aromatic carbocycles. The van der Waals surface area contributed by atoms with Gasteiger partial charge in [-0.3, -0.25) is 9.78 Å². The van der Waals surface area contributed by atoms with Crippen LogP contribution in [0.4, 0.5) is 0 Å². The second-order valence-electron chi connectivity index (χ2n) is 9.02. The molecular weight excluding hydrogens is 436 g/mol. The van der Waals surface area contributed by atoms with Gasteiger partial charge in [-0.05, 0) is 67.1 Å². The SMILES string of the molecule is CN(C)C(=O)c1ccc(Cl)c(COC2(c3cnccc3-c3ccccc3OC3CC3)CC2)c1. The maximum Gasteiger partial charge on any atom is 0.253 e. The summed E-state index contributed by atoms with van der Waals surface area (Å²) < 4.78 is 12.7. The molecule has 2 aliphatic carbocycles. The molecule has 2 saturated carbocycles. The number of halogens is 1. The predicted octanol–water partition coefficient (Wildman–Crippen LogP) is 5.85. The molecule has 0 N–H and O–H groups in total. The first kappa shape index (κ1) is 21.9. The summed E-state index contributed by atoms with van der Waals surface area (Å²) in [5, 5.41) is 0.593. The number of aromatic nitrogens is 1. The summed E-state index contributed by atoms with van der Waals surface area (Å²) in [7, 11) is 3.47. The molecule has 0 bridgehead atoms. The third-order valence-corrected chi connectivity index (χ3v) is 6.58. The zero-order chi connectivity index (χ0) is 23.0. The van der Waals surface area contributed by atoms with Gasteiger partial charge in [0.2, 0.25) is 0 Å². The van der Waals surface area contributed by atoms with Crippen molar-refractivity contribution in [2.75, 3.05) is 14.1 Å². The quantitative estimate of drug-likeness (QED) is 0.421. The van der Waals surface area contributed by atoms with Crippen molar-refractivity contribution in [1.82, 2.24) is 9.88 Å². The van der Waals surface area contributed by atoms with Crippen molar-refractivity contribution in [3.63, 3.8) is 0 Å². The zero-order valence-electron chi connectivity index (χ0n) is 18.9. The summed E-state index contributed by atoms with van der Waals surface area (Å²) in [5.74, 6) is 0.845. The van der Waals surface area contributed by atoms with Crippen LogP contribution in [-0.2, 0) is 16.9 Å². The molecule has 3 aromatic rings. The van der Waals surface area contributed by atoms with Crippen LogP contribution in [0.25, 0.3) is 11.1 Å². The summed E-state index contributed by atoms with van der Waals surface area (Å²) in [6.07, 6.45) is 8.08. The van der Waals surface area contributed by atoms with Gasteiger partial charge >= 0.3 is 0 Å². The Balaban J connectivity index is 1.42. The highest BCUT2D eigenvalue weighted by Crippen LogP contribution is 2.53. The van der Waals surface area contributed by atoms with Crippen LogP contribution in [0.3, 0.4) is 0 Å². The highest BCUT2D eigenvalue weighted by atomic mass is 35.5. The second kappa shape index (κ2) is 8.81. The fourth-order valence-corrected chi connectivity index (χ4v) is 4.22. The lowest BCUT2D eigenvalue weighted by atomic mass is 9.96. The van der Waals surface area contributed by atoms with E-state index in [-0.39, 0.29) is 5.91 Å². The molecule has 1 heterocycles. The zero-order valence-corrected chi connectivity index (χ0v) is 19.6. The number of ether oxygens (including phenoxy) is 2. The Kier molecular flexibility index (Phi) is 5.85. The molecule has 5 rings (SSSR count). The van der Waals surface area contributed by atoms with Crippen LogP contribution in [0.5, 0.6) is 5.75 Å². The number of carbonyl (C=O) groups is 1. The molecule has 170 valence electrons. The number of hydrogen-bond donors (Lipinski definition) is 0. The van der Waals surface area contributed by atoms with Crippen molar-refractivity contribution in [2.24, 2.45) is 0 Å². The molecule has 0 atom stereocenters. The van der Waals surface area contributed by atoms with Crippen molar-refractivity contribution in [2.45, 2.75) is 44.0 Å². The van der Waals surface area contributed by atoms with Crippen molar-refractivity contribution in [1.29, 1.82) is 0 Å². The highest BCUT2D eigenvalue weighted by Gasteiger charge is 2.47. The lowest BCUT2D eigenvalue weighted by Crippen LogP contribution is -2.22. The van der Waals surface area contributed by atoms with Crippen LogP contribution in [0.2, 0.25) is 5.02 Å². The van der Waals surface area contributed by atoms with Crippen LogP contribution in [-0.4, -0.2) is 36.0 Å². The first-order valence-electron chi connectivity index (χ1n) is 11.3. The first-order chi connectivity index (χ1) is 16.0. The number of carbonyl (C=O) groups excluding carboxylic acids is 1. The van der Waals surface area contributed by atoms with Gasteiger partial charge in [0.25, 0.3) is 5.91 Å². The molecule has 33 heavy (non-hydrogen) atoms. The molecule has 1 amide bonds. The Hall–Kier alpha value is -2.89. The summed E-state index contributed by atoms with van der Waals surface area (Å²) in [6, 6.07) is 15.5. The Labute approximate surface area is 199 Å². The summed E-state index contributed by atoms with van der Waals surface area (Å²) in [4.78, 5) is 18.3. The van der Waals surface area contributed by atoms with Gasteiger partial charge in [-0.15, -0.1) is 0 Å². The monoisotopic (exact) mass is 462 g/mol. The van der Waals surface area contributed by atoms with Gasteiger partial charge in [0, 0.05) is 48.2 Å². The van der Waals surface area contributed by atoms with E-state index < -0.39 is 5.60 Å². The van der Waals surface area contributed by atoms with Crippen LogP contribution in [0.15, 0.2) is 60.9 Å². The molecule has 0 aliphatic heterocycles. The van der Waals surface area contributed by atoms with E-state index >= 15 is 0 Å². The van der Waals surface area contributed by atoms with Crippen LogP contribution in [0, 0.1) is 0 Å². The van der Waals surface area contributed by atoms with E-state index in [0.717, 1.165) is 53.7 Å². The molecule has 0 radical (unpaired) electrons. The molecule has 0 saturated heterocycles. The van der Waals surface area contributed by atoms with E-state index in [2.05, 4.69) is 11.1 Å². The number of hydrogen-bond acceptors (Lipinski definition) is 4. The largest absolute Gasteiger partial charge is 0.490 e. The summed E-state index contributed by atoms with van der Waals surface area (Å²) in [5.41, 5.74) is 4.20. The van der Waals surface area contributed by atoms with Gasteiger partial charge in [-0.1, -0.05) is 29.8 Å². The first-order valence-corrected chi connectivity index (χ1v) is 11.7. The van der Waals surface area contributed by atoms with Crippen molar-refractivity contribution >= 4 is 17.5 Å². The highest BCUT2D eigenvalue weighted by molar-refractivity contribution is 6.31. The van der Waals surface area contributed by atoms with Gasteiger partial charge in [0.05, 0.1) is 18.3 Å². The fourth-order valence-electron chi connectivity index (χ4n) is 4.05. The molecule has 6 heteroatoms. The number of benzene rings is 2. The molecule has 0 unspecified atom stereocenters. The minimum absolute atomic E-state index is 0.0594. The van der Waals surface area contributed by atoms with Gasteiger partial charge < -0.3 is 14.4 Å². The number of nitrogens with zero attached hydrogens (tertiary/aromatic N) is 2. The average molecular weight is 463 g/mol. The molecular formula is C27H27ClN2O3. The lowest BCUT2D eigenvalue weighted by molar-refractivity contribution is 0.0173. The van der Waals surface area contributed by atoms with E-state index in [1.165, 1.54) is 0 Å². The van der Waals surface area contributed by atoms with E-state index in [0.29, 0.717) is 23.3 Å². The number of para-hydroxylation sites is 1. The molecule has 2 fully saturated rings. The number of rotatable bonds is 8. The fraction of sp³-hybridized carbons (Fsp3) is 0.333. The topological polar surface area (TPSA) is 51.7 Å². The van der Waals surface area contributed by atoms with E-state index in [9.17, 15) is 4.79 Å². The van der Waals surface area contributed by atoms with Crippen molar-refractivity contribution in [3.05, 3.63) is 82.6 Å². The molecule has 0 spiro atoms. The second-order valence-corrected chi connectivity index (χ2v) is 9.43. The van der Waals surface area contributed by atoms with Gasteiger partial charge in [0.1, 0.15) is 5.75 Å².